The van der Waals surface area contributed by atoms with E-state index < -0.39 is 5.97 Å². The minimum atomic E-state index is -0.936. The predicted octanol–water partition coefficient (Wildman–Crippen LogP) is 3.72. The first-order valence-corrected chi connectivity index (χ1v) is 6.44. The van der Waals surface area contributed by atoms with Crippen LogP contribution in [0.5, 0.6) is 0 Å². The fourth-order valence-corrected chi connectivity index (χ4v) is 2.69. The highest BCUT2D eigenvalue weighted by atomic mass is 32.2. The molecule has 0 bridgehead atoms. The Hall–Kier alpha value is -2.25. The monoisotopic (exact) mass is 269 g/mol. The molecule has 2 aromatic rings. The summed E-state index contributed by atoms with van der Waals surface area (Å²) in [6.45, 7) is 1.91. The van der Waals surface area contributed by atoms with E-state index >= 15 is 0 Å². The second-order valence-corrected chi connectivity index (χ2v) is 5.08. The first kappa shape index (κ1) is 13.2. The lowest BCUT2D eigenvalue weighted by atomic mass is 10.2. The number of rotatable bonds is 3. The van der Waals surface area contributed by atoms with Crippen molar-refractivity contribution in [2.75, 3.05) is 0 Å². The maximum absolute atomic E-state index is 11.1. The normalized spacial score (nSPS) is 9.89. The minimum Gasteiger partial charge on any atom is -0.478 e. The van der Waals surface area contributed by atoms with Gasteiger partial charge in [-0.05, 0) is 42.8 Å². The Morgan fingerprint density at radius 1 is 1.21 bits per heavy atom. The lowest BCUT2D eigenvalue weighted by Gasteiger charge is -2.08. The first-order chi connectivity index (χ1) is 9.11. The smallest absolute Gasteiger partial charge is 0.336 e. The van der Waals surface area contributed by atoms with Gasteiger partial charge in [-0.2, -0.15) is 5.26 Å². The van der Waals surface area contributed by atoms with E-state index in [4.69, 9.17) is 10.4 Å². The number of hydrogen-bond donors (Lipinski definition) is 1. The van der Waals surface area contributed by atoms with E-state index in [-0.39, 0.29) is 5.56 Å². The number of benzene rings is 2. The van der Waals surface area contributed by atoms with Crippen molar-refractivity contribution in [3.05, 3.63) is 59.2 Å². The molecule has 0 aliphatic carbocycles. The number of aryl methyl sites for hydroxylation is 1. The van der Waals surface area contributed by atoms with Crippen molar-refractivity contribution < 1.29 is 9.90 Å². The second kappa shape index (κ2) is 5.59. The molecule has 3 nitrogen and oxygen atoms in total. The molecule has 0 saturated heterocycles. The molecule has 0 spiro atoms. The molecule has 19 heavy (non-hydrogen) atoms. The fraction of sp³-hybridized carbons (Fsp3) is 0.0667. The van der Waals surface area contributed by atoms with E-state index in [1.165, 1.54) is 11.8 Å². The average Bonchev–Trinajstić information content (AvgIpc) is 2.41. The molecule has 0 saturated carbocycles. The Kier molecular flexibility index (Phi) is 3.88. The van der Waals surface area contributed by atoms with Crippen molar-refractivity contribution in [1.29, 1.82) is 5.26 Å². The largest absolute Gasteiger partial charge is 0.478 e. The van der Waals surface area contributed by atoms with Crippen LogP contribution in [-0.2, 0) is 0 Å². The zero-order valence-corrected chi connectivity index (χ0v) is 11.1. The SMILES string of the molecule is Cc1cc(C#N)ccc1Sc1ccccc1C(=O)O. The quantitative estimate of drug-likeness (QED) is 0.922. The predicted molar refractivity (Wildman–Crippen MR) is 73.4 cm³/mol. The van der Waals surface area contributed by atoms with Crippen LogP contribution >= 0.6 is 11.8 Å². The molecule has 94 valence electrons. The summed E-state index contributed by atoms with van der Waals surface area (Å²) in [5.74, 6) is -0.936. The lowest BCUT2D eigenvalue weighted by Crippen LogP contribution is -1.98. The first-order valence-electron chi connectivity index (χ1n) is 5.62. The Balaban J connectivity index is 2.37. The van der Waals surface area contributed by atoms with Crippen LogP contribution < -0.4 is 0 Å². The van der Waals surface area contributed by atoms with Crippen molar-refractivity contribution in [1.82, 2.24) is 0 Å². The second-order valence-electron chi connectivity index (χ2n) is 4.00. The van der Waals surface area contributed by atoms with E-state index in [0.717, 1.165) is 10.5 Å². The van der Waals surface area contributed by atoms with Gasteiger partial charge < -0.3 is 5.11 Å². The third-order valence-corrected chi connectivity index (χ3v) is 3.90. The number of carboxylic acid groups (broad SMARTS) is 1. The van der Waals surface area contributed by atoms with Gasteiger partial charge in [0.15, 0.2) is 0 Å². The summed E-state index contributed by atoms with van der Waals surface area (Å²) in [7, 11) is 0. The van der Waals surface area contributed by atoms with E-state index in [9.17, 15) is 4.79 Å². The van der Waals surface area contributed by atoms with E-state index in [0.29, 0.717) is 10.5 Å². The average molecular weight is 269 g/mol. The Morgan fingerprint density at radius 3 is 2.58 bits per heavy atom. The molecular weight excluding hydrogens is 258 g/mol. The third-order valence-electron chi connectivity index (χ3n) is 2.64. The maximum Gasteiger partial charge on any atom is 0.336 e. The van der Waals surface area contributed by atoms with Gasteiger partial charge in [-0.3, -0.25) is 0 Å². The molecule has 0 unspecified atom stereocenters. The summed E-state index contributed by atoms with van der Waals surface area (Å²) >= 11 is 1.40. The van der Waals surface area contributed by atoms with Crippen LogP contribution in [0.15, 0.2) is 52.3 Å². The maximum atomic E-state index is 11.1. The topological polar surface area (TPSA) is 61.1 Å². The van der Waals surface area contributed by atoms with Crippen LogP contribution in [0.1, 0.15) is 21.5 Å². The zero-order valence-electron chi connectivity index (χ0n) is 10.3. The lowest BCUT2D eigenvalue weighted by molar-refractivity contribution is 0.0693. The fourth-order valence-electron chi connectivity index (χ4n) is 1.68. The molecule has 2 aromatic carbocycles. The van der Waals surface area contributed by atoms with Gasteiger partial charge >= 0.3 is 5.97 Å². The summed E-state index contributed by atoms with van der Waals surface area (Å²) < 4.78 is 0. The van der Waals surface area contributed by atoms with Crippen LogP contribution in [0.2, 0.25) is 0 Å². The van der Waals surface area contributed by atoms with Crippen molar-refractivity contribution in [2.45, 2.75) is 16.7 Å². The van der Waals surface area contributed by atoms with Gasteiger partial charge in [0.1, 0.15) is 0 Å². The summed E-state index contributed by atoms with van der Waals surface area (Å²) in [6, 6.07) is 14.4. The van der Waals surface area contributed by atoms with Crippen molar-refractivity contribution in [3.8, 4) is 6.07 Å². The molecule has 0 atom stereocenters. The highest BCUT2D eigenvalue weighted by Gasteiger charge is 2.11. The van der Waals surface area contributed by atoms with Crippen LogP contribution in [0.4, 0.5) is 0 Å². The van der Waals surface area contributed by atoms with Gasteiger partial charge in [-0.1, -0.05) is 23.9 Å². The van der Waals surface area contributed by atoms with E-state index in [2.05, 4.69) is 6.07 Å². The number of carbonyl (C=O) groups is 1. The van der Waals surface area contributed by atoms with Crippen LogP contribution in [-0.4, -0.2) is 11.1 Å². The van der Waals surface area contributed by atoms with Crippen molar-refractivity contribution in [2.24, 2.45) is 0 Å². The van der Waals surface area contributed by atoms with Crippen LogP contribution in [0, 0.1) is 18.3 Å². The molecule has 0 fully saturated rings. The molecule has 1 N–H and O–H groups in total. The standard InChI is InChI=1S/C15H11NO2S/c1-10-8-11(9-16)6-7-13(10)19-14-5-3-2-4-12(14)15(17)18/h2-8H,1H3,(H,17,18). The highest BCUT2D eigenvalue weighted by Crippen LogP contribution is 2.32. The van der Waals surface area contributed by atoms with Gasteiger partial charge in [0.05, 0.1) is 17.2 Å². The van der Waals surface area contributed by atoms with Crippen LogP contribution in [0.3, 0.4) is 0 Å². The zero-order chi connectivity index (χ0) is 13.8. The number of nitriles is 1. The highest BCUT2D eigenvalue weighted by molar-refractivity contribution is 7.99. The summed E-state index contributed by atoms with van der Waals surface area (Å²) in [5, 5.41) is 18.0. The molecule has 4 heteroatoms. The molecule has 0 aliphatic heterocycles. The van der Waals surface area contributed by atoms with Crippen molar-refractivity contribution in [3.63, 3.8) is 0 Å². The third kappa shape index (κ3) is 2.95. The van der Waals surface area contributed by atoms with E-state index in [1.54, 1.807) is 30.3 Å². The molecule has 0 aliphatic rings. The van der Waals surface area contributed by atoms with Crippen molar-refractivity contribution >= 4 is 17.7 Å². The van der Waals surface area contributed by atoms with E-state index in [1.807, 2.05) is 19.1 Å². The van der Waals surface area contributed by atoms with Gasteiger partial charge in [0, 0.05) is 9.79 Å². The Morgan fingerprint density at radius 2 is 1.95 bits per heavy atom. The minimum absolute atomic E-state index is 0.288. The number of aromatic carboxylic acids is 1. The molecule has 0 amide bonds. The summed E-state index contributed by atoms with van der Waals surface area (Å²) in [5.41, 5.74) is 1.86. The Bertz CT molecular complexity index is 674. The number of carboxylic acids is 1. The van der Waals surface area contributed by atoms with Gasteiger partial charge in [0.2, 0.25) is 0 Å². The molecule has 2 rings (SSSR count). The van der Waals surface area contributed by atoms with Crippen LogP contribution in [0.25, 0.3) is 0 Å². The summed E-state index contributed by atoms with van der Waals surface area (Å²) in [6.07, 6.45) is 0. The molecule has 0 heterocycles. The summed E-state index contributed by atoms with van der Waals surface area (Å²) in [4.78, 5) is 12.8. The molecule has 0 radical (unpaired) electrons. The molecule has 0 aromatic heterocycles. The van der Waals surface area contributed by atoms with Gasteiger partial charge in [0.25, 0.3) is 0 Å². The Labute approximate surface area is 115 Å². The van der Waals surface area contributed by atoms with Gasteiger partial charge in [-0.25, -0.2) is 4.79 Å². The van der Waals surface area contributed by atoms with Gasteiger partial charge in [-0.15, -0.1) is 0 Å². The number of hydrogen-bond acceptors (Lipinski definition) is 3. The molecular formula is C15H11NO2S. The number of nitrogens with zero attached hydrogens (tertiary/aromatic N) is 1.